The maximum absolute atomic E-state index is 13.2. The highest BCUT2D eigenvalue weighted by Gasteiger charge is 2.32. The molecule has 2 aliphatic rings. The maximum Gasteiger partial charge on any atom is 0.194 e. The molecule has 0 saturated heterocycles. The Morgan fingerprint density at radius 3 is 2.24 bits per heavy atom. The zero-order valence-electron chi connectivity index (χ0n) is 18.4. The average Bonchev–Trinajstić information content (AvgIpc) is 3.37. The van der Waals surface area contributed by atoms with Gasteiger partial charge in [0.25, 0.3) is 0 Å². The van der Waals surface area contributed by atoms with Gasteiger partial charge in [-0.1, -0.05) is 82.7 Å². The lowest BCUT2D eigenvalue weighted by Gasteiger charge is -2.20. The van der Waals surface area contributed by atoms with Crippen LogP contribution in [0.15, 0.2) is 95.5 Å². The van der Waals surface area contributed by atoms with Crippen LogP contribution in [0, 0.1) is 0 Å². The molecule has 0 radical (unpaired) electrons. The smallest absolute Gasteiger partial charge is 0.194 e. The standard InChI is InChI=1S/C31H20BrNO/c32-26-14-7-13-24-30(26)29-21(11-6-12-23(29)31(24)34)19-16-17-28-25(18-19)22-10-4-5-15-27(22)33(28)20-8-2-1-3-9-20/h1-15,18H,16-17H2. The van der Waals surface area contributed by atoms with Crippen molar-refractivity contribution in [3.05, 3.63) is 123 Å². The highest BCUT2D eigenvalue weighted by molar-refractivity contribution is 9.10. The quantitative estimate of drug-likeness (QED) is 0.235. The Morgan fingerprint density at radius 1 is 0.676 bits per heavy atom. The molecule has 0 N–H and O–H groups in total. The largest absolute Gasteiger partial charge is 0.313 e. The van der Waals surface area contributed by atoms with Crippen LogP contribution in [-0.2, 0) is 6.42 Å². The van der Waals surface area contributed by atoms with E-state index in [1.165, 1.54) is 39.0 Å². The molecule has 0 atom stereocenters. The average molecular weight is 502 g/mol. The third-order valence-corrected chi connectivity index (χ3v) is 7.80. The van der Waals surface area contributed by atoms with E-state index in [9.17, 15) is 4.79 Å². The number of hydrogen-bond donors (Lipinski definition) is 0. The number of halogens is 1. The van der Waals surface area contributed by atoms with E-state index in [0.29, 0.717) is 0 Å². The number of carbonyl (C=O) groups excluding carboxylic acids is 1. The Kier molecular flexibility index (Phi) is 4.30. The highest BCUT2D eigenvalue weighted by Crippen LogP contribution is 2.47. The zero-order valence-corrected chi connectivity index (χ0v) is 20.0. The molecule has 0 bridgehead atoms. The number of fused-ring (bicyclic) bond motifs is 6. The number of rotatable bonds is 2. The Balaban J connectivity index is 1.48. The van der Waals surface area contributed by atoms with Crippen molar-refractivity contribution in [1.82, 2.24) is 4.57 Å². The summed E-state index contributed by atoms with van der Waals surface area (Å²) in [6, 6.07) is 31.3. The first kappa shape index (κ1) is 19.7. The molecule has 1 aromatic heterocycles. The molecule has 2 aliphatic carbocycles. The van der Waals surface area contributed by atoms with Crippen molar-refractivity contribution in [2.75, 3.05) is 0 Å². The maximum atomic E-state index is 13.2. The SMILES string of the molecule is O=C1c2cccc(Br)c2-c2c1cccc2C1=Cc2c(n(-c3ccccc3)c3ccccc23)CC1. The Hall–Kier alpha value is -3.69. The summed E-state index contributed by atoms with van der Waals surface area (Å²) in [4.78, 5) is 13.2. The summed E-state index contributed by atoms with van der Waals surface area (Å²) in [5, 5.41) is 1.27. The van der Waals surface area contributed by atoms with Crippen LogP contribution < -0.4 is 0 Å². The van der Waals surface area contributed by atoms with Gasteiger partial charge in [-0.2, -0.15) is 0 Å². The Bertz CT molecular complexity index is 1670. The van der Waals surface area contributed by atoms with E-state index >= 15 is 0 Å². The predicted octanol–water partition coefficient (Wildman–Crippen LogP) is 8.09. The minimum absolute atomic E-state index is 0.117. The van der Waals surface area contributed by atoms with Gasteiger partial charge in [0.05, 0.1) is 5.52 Å². The summed E-state index contributed by atoms with van der Waals surface area (Å²) >= 11 is 3.72. The molecule has 0 unspecified atom stereocenters. The lowest BCUT2D eigenvalue weighted by atomic mass is 9.87. The number of nitrogens with zero attached hydrogens (tertiary/aromatic N) is 1. The van der Waals surface area contributed by atoms with Crippen molar-refractivity contribution >= 4 is 44.3 Å². The van der Waals surface area contributed by atoms with Crippen molar-refractivity contribution in [2.45, 2.75) is 12.8 Å². The fourth-order valence-corrected chi connectivity index (χ4v) is 6.26. The van der Waals surface area contributed by atoms with Crippen molar-refractivity contribution < 1.29 is 4.79 Å². The molecule has 0 fully saturated rings. The minimum atomic E-state index is 0.117. The molecule has 0 spiro atoms. The lowest BCUT2D eigenvalue weighted by molar-refractivity contribution is 0.104. The number of carbonyl (C=O) groups is 1. The molecule has 2 nitrogen and oxygen atoms in total. The summed E-state index contributed by atoms with van der Waals surface area (Å²) in [5.74, 6) is 0.117. The van der Waals surface area contributed by atoms with E-state index < -0.39 is 0 Å². The van der Waals surface area contributed by atoms with Gasteiger partial charge in [0, 0.05) is 49.1 Å². The molecule has 1 heterocycles. The minimum Gasteiger partial charge on any atom is -0.313 e. The molecule has 4 aromatic carbocycles. The lowest BCUT2D eigenvalue weighted by Crippen LogP contribution is -2.05. The number of benzene rings is 4. The molecular weight excluding hydrogens is 482 g/mol. The van der Waals surface area contributed by atoms with Crippen LogP contribution in [0.3, 0.4) is 0 Å². The Morgan fingerprint density at radius 2 is 1.38 bits per heavy atom. The van der Waals surface area contributed by atoms with Gasteiger partial charge >= 0.3 is 0 Å². The van der Waals surface area contributed by atoms with Gasteiger partial charge in [-0.15, -0.1) is 0 Å². The molecule has 162 valence electrons. The molecule has 34 heavy (non-hydrogen) atoms. The zero-order chi connectivity index (χ0) is 22.8. The summed E-state index contributed by atoms with van der Waals surface area (Å²) in [7, 11) is 0. The van der Waals surface area contributed by atoms with Crippen LogP contribution in [0.25, 0.3) is 39.4 Å². The fraction of sp³-hybridized carbons (Fsp3) is 0.0645. The van der Waals surface area contributed by atoms with E-state index in [2.05, 4.69) is 87.2 Å². The van der Waals surface area contributed by atoms with Gasteiger partial charge in [-0.3, -0.25) is 4.79 Å². The summed E-state index contributed by atoms with van der Waals surface area (Å²) in [5.41, 5.74) is 11.2. The third kappa shape index (κ3) is 2.71. The number of aromatic nitrogens is 1. The van der Waals surface area contributed by atoms with Crippen LogP contribution in [-0.4, -0.2) is 10.4 Å². The van der Waals surface area contributed by atoms with Gasteiger partial charge in [-0.05, 0) is 54.3 Å². The number of hydrogen-bond acceptors (Lipinski definition) is 1. The van der Waals surface area contributed by atoms with E-state index in [1.54, 1.807) is 0 Å². The van der Waals surface area contributed by atoms with Crippen LogP contribution in [0.1, 0.15) is 39.2 Å². The second-order valence-electron chi connectivity index (χ2n) is 8.94. The molecule has 7 rings (SSSR count). The molecular formula is C31H20BrNO. The van der Waals surface area contributed by atoms with Gasteiger partial charge in [-0.25, -0.2) is 0 Å². The monoisotopic (exact) mass is 501 g/mol. The van der Waals surface area contributed by atoms with E-state index in [1.807, 2.05) is 30.3 Å². The fourth-order valence-electron chi connectivity index (χ4n) is 5.70. The number of allylic oxidation sites excluding steroid dienone is 1. The predicted molar refractivity (Wildman–Crippen MR) is 142 cm³/mol. The normalized spacial score (nSPS) is 14.0. The topological polar surface area (TPSA) is 22.0 Å². The van der Waals surface area contributed by atoms with E-state index in [-0.39, 0.29) is 5.78 Å². The Labute approximate surface area is 206 Å². The molecule has 0 aliphatic heterocycles. The first-order valence-corrected chi connectivity index (χ1v) is 12.4. The summed E-state index contributed by atoms with van der Waals surface area (Å²) in [6.07, 6.45) is 4.24. The van der Waals surface area contributed by atoms with Crippen molar-refractivity contribution in [3.8, 4) is 16.8 Å². The van der Waals surface area contributed by atoms with E-state index in [0.717, 1.165) is 39.6 Å². The third-order valence-electron chi connectivity index (χ3n) is 7.14. The second kappa shape index (κ2) is 7.41. The van der Waals surface area contributed by atoms with Crippen LogP contribution in [0.2, 0.25) is 0 Å². The van der Waals surface area contributed by atoms with Crippen molar-refractivity contribution in [1.29, 1.82) is 0 Å². The summed E-state index contributed by atoms with van der Waals surface area (Å²) in [6.45, 7) is 0. The first-order chi connectivity index (χ1) is 16.7. The molecule has 5 aromatic rings. The van der Waals surface area contributed by atoms with Crippen molar-refractivity contribution in [2.24, 2.45) is 0 Å². The number of ketones is 1. The molecule has 3 heteroatoms. The van der Waals surface area contributed by atoms with Crippen LogP contribution in [0.4, 0.5) is 0 Å². The number of para-hydroxylation sites is 2. The van der Waals surface area contributed by atoms with E-state index in [4.69, 9.17) is 0 Å². The van der Waals surface area contributed by atoms with Crippen molar-refractivity contribution in [3.63, 3.8) is 0 Å². The van der Waals surface area contributed by atoms with Crippen LogP contribution >= 0.6 is 15.9 Å². The molecule has 0 amide bonds. The first-order valence-electron chi connectivity index (χ1n) is 11.6. The van der Waals surface area contributed by atoms with Crippen LogP contribution in [0.5, 0.6) is 0 Å². The highest BCUT2D eigenvalue weighted by atomic mass is 79.9. The second-order valence-corrected chi connectivity index (χ2v) is 9.79. The van der Waals surface area contributed by atoms with Gasteiger partial charge < -0.3 is 4.57 Å². The van der Waals surface area contributed by atoms with Gasteiger partial charge in [0.2, 0.25) is 0 Å². The van der Waals surface area contributed by atoms with Gasteiger partial charge in [0.15, 0.2) is 5.78 Å². The van der Waals surface area contributed by atoms with Gasteiger partial charge in [0.1, 0.15) is 0 Å². The summed E-state index contributed by atoms with van der Waals surface area (Å²) < 4.78 is 3.38. The molecule has 0 saturated carbocycles.